The van der Waals surface area contributed by atoms with Crippen molar-refractivity contribution < 1.29 is 4.74 Å². The quantitative estimate of drug-likeness (QED) is 0.792. The minimum atomic E-state index is 0.342. The van der Waals surface area contributed by atoms with Gasteiger partial charge in [0.25, 0.3) is 0 Å². The second-order valence-corrected chi connectivity index (χ2v) is 4.07. The van der Waals surface area contributed by atoms with Gasteiger partial charge >= 0.3 is 0 Å². The van der Waals surface area contributed by atoms with Crippen LogP contribution in [0.3, 0.4) is 0 Å². The van der Waals surface area contributed by atoms with E-state index in [0.29, 0.717) is 6.04 Å². The second-order valence-electron chi connectivity index (χ2n) is 4.07. The number of nitrogens with zero attached hydrogens (tertiary/aromatic N) is 3. The fourth-order valence-corrected chi connectivity index (χ4v) is 1.95. The largest absolute Gasteiger partial charge is 0.377 e. The van der Waals surface area contributed by atoms with E-state index in [1.807, 2.05) is 14.0 Å². The number of aromatic nitrogens is 2. The van der Waals surface area contributed by atoms with Crippen LogP contribution in [-0.4, -0.2) is 49.6 Å². The summed E-state index contributed by atoms with van der Waals surface area (Å²) in [5, 5.41) is 11.4. The fourth-order valence-electron chi connectivity index (χ4n) is 1.95. The Morgan fingerprint density at radius 2 is 2.50 bits per heavy atom. The molecule has 1 atom stereocenters. The monoisotopic (exact) mass is 222 g/mol. The van der Waals surface area contributed by atoms with E-state index in [-0.39, 0.29) is 0 Å². The normalized spacial score (nSPS) is 21.1. The summed E-state index contributed by atoms with van der Waals surface area (Å²) in [6.45, 7) is 5.32. The average molecular weight is 222 g/mol. The first-order valence-electron chi connectivity index (χ1n) is 5.59. The molecule has 88 valence electrons. The van der Waals surface area contributed by atoms with Crippen molar-refractivity contribution in [3.8, 4) is 0 Å². The standard InChI is InChI=1S/C11H18N4O/c1-9-5-11(14-13-6-9)15-3-4-16-8-10(15)7-12-2/h5-6,10,12H,3-4,7-8H2,1-2H3. The zero-order chi connectivity index (χ0) is 11.4. The molecule has 5 nitrogen and oxygen atoms in total. The number of hydrogen-bond acceptors (Lipinski definition) is 5. The Bertz CT molecular complexity index is 343. The summed E-state index contributed by atoms with van der Waals surface area (Å²) in [5.74, 6) is 0.948. The molecular formula is C11H18N4O. The number of aryl methyl sites for hydroxylation is 1. The molecule has 1 unspecified atom stereocenters. The molecule has 1 fully saturated rings. The van der Waals surface area contributed by atoms with Gasteiger partial charge in [0, 0.05) is 13.1 Å². The van der Waals surface area contributed by atoms with Crippen molar-refractivity contribution in [2.75, 3.05) is 38.3 Å². The van der Waals surface area contributed by atoms with Crippen molar-refractivity contribution in [1.82, 2.24) is 15.5 Å². The van der Waals surface area contributed by atoms with Gasteiger partial charge in [-0.25, -0.2) is 0 Å². The van der Waals surface area contributed by atoms with Gasteiger partial charge < -0.3 is 15.0 Å². The van der Waals surface area contributed by atoms with Crippen molar-refractivity contribution in [2.45, 2.75) is 13.0 Å². The van der Waals surface area contributed by atoms with Gasteiger partial charge in [-0.1, -0.05) is 0 Å². The Kier molecular flexibility index (Phi) is 3.69. The van der Waals surface area contributed by atoms with Crippen LogP contribution in [0.25, 0.3) is 0 Å². The van der Waals surface area contributed by atoms with Crippen LogP contribution >= 0.6 is 0 Å². The molecular weight excluding hydrogens is 204 g/mol. The van der Waals surface area contributed by atoms with E-state index >= 15 is 0 Å². The van der Waals surface area contributed by atoms with Crippen LogP contribution in [0.5, 0.6) is 0 Å². The van der Waals surface area contributed by atoms with E-state index in [0.717, 1.165) is 37.7 Å². The summed E-state index contributed by atoms with van der Waals surface area (Å²) in [4.78, 5) is 2.26. The molecule has 1 N–H and O–H groups in total. The van der Waals surface area contributed by atoms with Crippen molar-refractivity contribution in [3.05, 3.63) is 17.8 Å². The molecule has 1 aliphatic heterocycles. The summed E-state index contributed by atoms with van der Waals surface area (Å²) < 4.78 is 5.49. The molecule has 1 aromatic heterocycles. The van der Waals surface area contributed by atoms with E-state index < -0.39 is 0 Å². The van der Waals surface area contributed by atoms with E-state index in [1.165, 1.54) is 0 Å². The molecule has 0 aromatic carbocycles. The Morgan fingerprint density at radius 3 is 3.25 bits per heavy atom. The third-order valence-corrected chi connectivity index (χ3v) is 2.74. The Hall–Kier alpha value is -1.20. The molecule has 0 aliphatic carbocycles. The van der Waals surface area contributed by atoms with Gasteiger partial charge in [-0.3, -0.25) is 0 Å². The lowest BCUT2D eigenvalue weighted by molar-refractivity contribution is 0.0938. The number of rotatable bonds is 3. The lowest BCUT2D eigenvalue weighted by atomic mass is 10.2. The maximum Gasteiger partial charge on any atom is 0.151 e. The molecule has 2 heterocycles. The maximum atomic E-state index is 5.49. The summed E-state index contributed by atoms with van der Waals surface area (Å²) in [7, 11) is 1.95. The predicted octanol–water partition coefficient (Wildman–Crippen LogP) is 0.210. The van der Waals surface area contributed by atoms with Crippen molar-refractivity contribution in [2.24, 2.45) is 0 Å². The highest BCUT2D eigenvalue weighted by Crippen LogP contribution is 2.16. The smallest absolute Gasteiger partial charge is 0.151 e. The van der Waals surface area contributed by atoms with Gasteiger partial charge in [0.05, 0.1) is 25.5 Å². The number of nitrogens with one attached hydrogen (secondary N) is 1. The number of likely N-dealkylation sites (N-methyl/N-ethyl adjacent to an activating group) is 1. The number of morpholine rings is 1. The van der Waals surface area contributed by atoms with E-state index in [1.54, 1.807) is 6.20 Å². The third kappa shape index (κ3) is 2.48. The molecule has 0 spiro atoms. The van der Waals surface area contributed by atoms with Gasteiger partial charge in [-0.2, -0.15) is 5.10 Å². The molecule has 1 aliphatic rings. The highest BCUT2D eigenvalue weighted by atomic mass is 16.5. The van der Waals surface area contributed by atoms with Crippen LogP contribution in [0, 0.1) is 6.92 Å². The van der Waals surface area contributed by atoms with E-state index in [2.05, 4.69) is 26.5 Å². The van der Waals surface area contributed by atoms with Crippen LogP contribution in [0.1, 0.15) is 5.56 Å². The topological polar surface area (TPSA) is 50.3 Å². The van der Waals surface area contributed by atoms with Crippen LogP contribution in [0.15, 0.2) is 12.3 Å². The van der Waals surface area contributed by atoms with Gasteiger partial charge in [0.2, 0.25) is 0 Å². The Labute approximate surface area is 95.8 Å². The lowest BCUT2D eigenvalue weighted by Gasteiger charge is -2.36. The summed E-state index contributed by atoms with van der Waals surface area (Å²) in [5.41, 5.74) is 1.14. The zero-order valence-electron chi connectivity index (χ0n) is 9.81. The molecule has 0 bridgehead atoms. The molecule has 0 amide bonds. The van der Waals surface area contributed by atoms with E-state index in [9.17, 15) is 0 Å². The minimum absolute atomic E-state index is 0.342. The molecule has 1 saturated heterocycles. The van der Waals surface area contributed by atoms with E-state index in [4.69, 9.17) is 4.74 Å². The van der Waals surface area contributed by atoms with Crippen molar-refractivity contribution >= 4 is 5.82 Å². The van der Waals surface area contributed by atoms with Gasteiger partial charge in [0.1, 0.15) is 0 Å². The van der Waals surface area contributed by atoms with Gasteiger partial charge in [0.15, 0.2) is 5.82 Å². The minimum Gasteiger partial charge on any atom is -0.377 e. The highest BCUT2D eigenvalue weighted by molar-refractivity contribution is 5.41. The van der Waals surface area contributed by atoms with Gasteiger partial charge in [-0.05, 0) is 25.6 Å². The zero-order valence-corrected chi connectivity index (χ0v) is 9.81. The molecule has 16 heavy (non-hydrogen) atoms. The van der Waals surface area contributed by atoms with Crippen LogP contribution in [0.4, 0.5) is 5.82 Å². The summed E-state index contributed by atoms with van der Waals surface area (Å²) in [6, 6.07) is 2.41. The van der Waals surface area contributed by atoms with Crippen molar-refractivity contribution in [3.63, 3.8) is 0 Å². The SMILES string of the molecule is CNCC1COCCN1c1cc(C)cnn1. The lowest BCUT2D eigenvalue weighted by Crippen LogP contribution is -2.50. The fraction of sp³-hybridized carbons (Fsp3) is 0.636. The van der Waals surface area contributed by atoms with Gasteiger partial charge in [-0.15, -0.1) is 5.10 Å². The first-order chi connectivity index (χ1) is 7.81. The first-order valence-corrected chi connectivity index (χ1v) is 5.59. The number of hydrogen-bond donors (Lipinski definition) is 1. The molecule has 2 rings (SSSR count). The predicted molar refractivity (Wildman–Crippen MR) is 62.6 cm³/mol. The molecule has 5 heteroatoms. The van der Waals surface area contributed by atoms with Crippen LogP contribution in [0.2, 0.25) is 0 Å². The van der Waals surface area contributed by atoms with Crippen molar-refractivity contribution in [1.29, 1.82) is 0 Å². The summed E-state index contributed by atoms with van der Waals surface area (Å²) in [6.07, 6.45) is 1.77. The molecule has 0 saturated carbocycles. The maximum absolute atomic E-state index is 5.49. The molecule has 0 radical (unpaired) electrons. The third-order valence-electron chi connectivity index (χ3n) is 2.74. The Balaban J connectivity index is 2.16. The van der Waals surface area contributed by atoms with Crippen LogP contribution < -0.4 is 10.2 Å². The number of ether oxygens (including phenoxy) is 1. The number of anilines is 1. The summed E-state index contributed by atoms with van der Waals surface area (Å²) >= 11 is 0. The molecule has 1 aromatic rings. The first kappa shape index (κ1) is 11.3. The Morgan fingerprint density at radius 1 is 1.62 bits per heavy atom. The average Bonchev–Trinajstić information content (AvgIpc) is 2.30. The van der Waals surface area contributed by atoms with Crippen LogP contribution in [-0.2, 0) is 4.74 Å². The highest BCUT2D eigenvalue weighted by Gasteiger charge is 2.23. The second kappa shape index (κ2) is 5.23.